The van der Waals surface area contributed by atoms with Crippen molar-refractivity contribution in [3.05, 3.63) is 132 Å². The number of hydrogen-bond acceptors (Lipinski definition) is 20. The molecule has 5 aromatic rings. The van der Waals surface area contributed by atoms with Crippen molar-refractivity contribution in [1.29, 1.82) is 5.41 Å². The van der Waals surface area contributed by atoms with Crippen LogP contribution in [0.3, 0.4) is 0 Å². The Morgan fingerprint density at radius 2 is 1.07 bits per heavy atom. The molecule has 712 valence electrons. The summed E-state index contributed by atoms with van der Waals surface area (Å²) in [5.41, 5.74) is 15.9. The summed E-state index contributed by atoms with van der Waals surface area (Å²) in [7, 11) is 1.31. The van der Waals surface area contributed by atoms with Crippen LogP contribution < -0.4 is 80.6 Å². The number of amides is 16. The number of imidazole rings is 1. The van der Waals surface area contributed by atoms with Gasteiger partial charge in [0.1, 0.15) is 78.3 Å². The highest BCUT2D eigenvalue weighted by Crippen LogP contribution is 2.30. The summed E-state index contributed by atoms with van der Waals surface area (Å²) in [5.74, 6) is -17.7. The minimum absolute atomic E-state index is 0.000184. The quantitative estimate of drug-likeness (QED) is 0.0233. The average Bonchev–Trinajstić information content (AvgIpc) is 1.08. The largest absolute Gasteiger partial charge is 0.481 e. The minimum atomic E-state index is -1.91. The molecule has 1 aliphatic carbocycles. The standard InChI is InChI=1S/C92H125N21O18S/c1-51(2)41-64-82(122)108-70(80(120)99-47-73(93)115)49-132-50-75(116)101-65(42-55-17-11-9-12-18-55)83(123)104-66(43-56-23-27-59(28-24-56)58-19-13-10-14-20-58)84(124)107-69(44-57-25-29-60(30-26-57)61-31-33-62(34-32-61)100-54(7)114)90(130)111(8)48-76(117)112-39-16-22-71(112)87(127)105-68(46-77(118)119)86(126)102-63(21-15-36-98-92(94)95)81(121)110-79(53(5)6)91(131)113-40-35-72(113)88(128)109-78(52(3)4)89(129)106-67(85(125)103-64)45-74-96-37-38-97-74/h10,13-14,19-20,23-34,37-38,51-53,55,63-72,78-79H,9,11-12,15-18,21-22,35-36,39-50H2,1-8H3,(H2,93,115)(H,96,97)(H,99,120)(H,100,114)(H,101,116)(H,102,126)(H,103,125)(H,104,123)(H,105,127)(H,106,129)(H,107,124)(H,108,122)(H,109,128)(H,110,121)(H,118,119)(H4,94,95,98)/t63-,64+,65+,66+,67+,68+,69+,70+,71+,72?,78+,79+/m1/s1. The van der Waals surface area contributed by atoms with Crippen molar-refractivity contribution in [2.45, 2.75) is 224 Å². The maximum atomic E-state index is 15.7. The molecule has 1 aromatic heterocycles. The molecule has 1 saturated carbocycles. The van der Waals surface area contributed by atoms with Gasteiger partial charge in [0, 0.05) is 76.7 Å². The van der Waals surface area contributed by atoms with Gasteiger partial charge >= 0.3 is 5.97 Å². The van der Waals surface area contributed by atoms with E-state index in [1.807, 2.05) is 42.5 Å². The molecule has 4 aromatic carbocycles. The number of rotatable bonds is 24. The smallest absolute Gasteiger partial charge is 0.305 e. The second-order valence-corrected chi connectivity index (χ2v) is 36.1. The summed E-state index contributed by atoms with van der Waals surface area (Å²) < 4.78 is 0. The Morgan fingerprint density at radius 1 is 0.538 bits per heavy atom. The van der Waals surface area contributed by atoms with Crippen LogP contribution in [0.4, 0.5) is 5.69 Å². The number of primary amides is 1. The first-order valence-corrected chi connectivity index (χ1v) is 45.9. The van der Waals surface area contributed by atoms with Crippen molar-refractivity contribution in [3.8, 4) is 22.3 Å². The Hall–Kier alpha value is -13.3. The van der Waals surface area contributed by atoms with Crippen LogP contribution in [0.15, 0.2) is 116 Å². The predicted molar refractivity (Wildman–Crippen MR) is 491 cm³/mol. The molecule has 20 N–H and O–H groups in total. The SMILES string of the molecule is CC(=O)Nc1ccc(-c2ccc(C[C@@H]3NC(=O)[C@H](Cc4ccc(-c5ccccc5)cc4)NC(=O)[C@H](CC4CCCCC4)NC(=O)CSC[C@@H](C(=O)NCC(N)=O)NC(=O)[C@H](CC(C)C)NC(=O)[C@H](Cc4ncc[nH]4)NC(=O)[C@H](C(C)C)NC(=O)C4CCN4C(=O)[C@H](C(C)C)NC(=O)[C@@H](CCCNC(=N)N)NC(=O)[C@H](CC(=O)O)NC(=O)[C@@H]4CCCN4C(=O)CN(C)C3=O)cc2)cc1. The summed E-state index contributed by atoms with van der Waals surface area (Å²) in [6.07, 6.45) is 5.28. The van der Waals surface area contributed by atoms with Crippen molar-refractivity contribution in [2.24, 2.45) is 35.1 Å². The molecule has 3 aliphatic heterocycles. The van der Waals surface area contributed by atoms with E-state index in [1.54, 1.807) is 102 Å². The highest BCUT2D eigenvalue weighted by atomic mass is 32.2. The number of likely N-dealkylation sites (N-methyl/N-ethyl adjacent to an activating group) is 1. The van der Waals surface area contributed by atoms with Gasteiger partial charge in [0.2, 0.25) is 94.5 Å². The molecule has 16 amide bonds. The van der Waals surface area contributed by atoms with Crippen molar-refractivity contribution in [3.63, 3.8) is 0 Å². The maximum Gasteiger partial charge on any atom is 0.305 e. The van der Waals surface area contributed by atoms with Gasteiger partial charge in [-0.15, -0.1) is 11.8 Å². The summed E-state index contributed by atoms with van der Waals surface area (Å²) in [5, 5.41) is 53.0. The number of guanidine groups is 1. The summed E-state index contributed by atoms with van der Waals surface area (Å²) in [4.78, 5) is 255. The van der Waals surface area contributed by atoms with Gasteiger partial charge in [-0.25, -0.2) is 4.98 Å². The van der Waals surface area contributed by atoms with Crippen LogP contribution in [-0.4, -0.2) is 260 Å². The first kappa shape index (κ1) is 102. The Morgan fingerprint density at radius 3 is 1.64 bits per heavy atom. The number of anilines is 1. The molecule has 9 rings (SSSR count). The highest BCUT2D eigenvalue weighted by Gasteiger charge is 2.46. The second kappa shape index (κ2) is 49.6. The Balaban J connectivity index is 1.08. The fraction of sp³-hybridized carbons (Fsp3) is 0.511. The van der Waals surface area contributed by atoms with E-state index in [2.05, 4.69) is 79.1 Å². The molecule has 0 spiro atoms. The molecule has 12 atom stereocenters. The van der Waals surface area contributed by atoms with Gasteiger partial charge in [0.15, 0.2) is 5.96 Å². The predicted octanol–water partition coefficient (Wildman–Crippen LogP) is 1.04. The lowest BCUT2D eigenvalue weighted by atomic mass is 9.84. The van der Waals surface area contributed by atoms with Crippen molar-refractivity contribution < 1.29 is 86.6 Å². The number of nitrogens with one attached hydrogen (secondary N) is 15. The van der Waals surface area contributed by atoms with Crippen LogP contribution in [0.2, 0.25) is 0 Å². The Labute approximate surface area is 770 Å². The number of nitrogens with zero attached hydrogens (tertiary/aromatic N) is 4. The molecule has 40 heteroatoms. The summed E-state index contributed by atoms with van der Waals surface area (Å²) >= 11 is 0.865. The second-order valence-electron chi connectivity index (χ2n) is 35.1. The number of aromatic nitrogens is 2. The van der Waals surface area contributed by atoms with E-state index in [1.165, 1.54) is 36.2 Å². The van der Waals surface area contributed by atoms with E-state index in [-0.39, 0.29) is 113 Å². The van der Waals surface area contributed by atoms with Crippen LogP contribution in [0.25, 0.3) is 22.3 Å². The van der Waals surface area contributed by atoms with E-state index < -0.39 is 210 Å². The molecular weight excluding hydrogens is 1720 g/mol. The topological polar surface area (TPSA) is 581 Å². The maximum absolute atomic E-state index is 15.7. The molecular formula is C92H125N21O18S. The van der Waals surface area contributed by atoms with Crippen molar-refractivity contribution in [1.82, 2.24) is 88.5 Å². The number of aromatic amines is 1. The number of carbonyl (C=O) groups is 17. The van der Waals surface area contributed by atoms with E-state index >= 15 is 14.4 Å². The number of carbonyl (C=O) groups excluding carboxylic acids is 16. The third kappa shape index (κ3) is 30.9. The third-order valence-corrected chi connectivity index (χ3v) is 24.5. The molecule has 4 heterocycles. The van der Waals surface area contributed by atoms with E-state index in [4.69, 9.17) is 16.9 Å². The summed E-state index contributed by atoms with van der Waals surface area (Å²) in [6, 6.07) is 13.2. The highest BCUT2D eigenvalue weighted by molar-refractivity contribution is 8.00. The fourth-order valence-corrected chi connectivity index (χ4v) is 17.2. The number of carboxylic acids is 1. The van der Waals surface area contributed by atoms with Gasteiger partial charge in [-0.1, -0.05) is 165 Å². The zero-order chi connectivity index (χ0) is 96.0. The number of hydrogen-bond donors (Lipinski definition) is 18. The average molecular weight is 1850 g/mol. The van der Waals surface area contributed by atoms with E-state index in [0.717, 1.165) is 58.2 Å². The van der Waals surface area contributed by atoms with Gasteiger partial charge in [-0.2, -0.15) is 0 Å². The molecule has 39 nitrogen and oxygen atoms in total. The zero-order valence-electron chi connectivity index (χ0n) is 75.7. The van der Waals surface area contributed by atoms with Gasteiger partial charge in [-0.05, 0) is 114 Å². The number of fused-ring (bicyclic) bond motifs is 2. The number of aliphatic carboxylic acids is 1. The van der Waals surface area contributed by atoms with Gasteiger partial charge in [0.25, 0.3) is 0 Å². The molecule has 1 unspecified atom stereocenters. The minimum Gasteiger partial charge on any atom is -0.481 e. The molecule has 0 bridgehead atoms. The number of benzene rings is 4. The first-order chi connectivity index (χ1) is 62.9. The Kier molecular flexibility index (Phi) is 38.5. The molecule has 0 radical (unpaired) electrons. The van der Waals surface area contributed by atoms with Gasteiger partial charge < -0.3 is 105 Å². The van der Waals surface area contributed by atoms with Crippen LogP contribution >= 0.6 is 11.8 Å². The molecule has 4 aliphatic rings. The van der Waals surface area contributed by atoms with Crippen LogP contribution in [0.5, 0.6) is 0 Å². The Bertz CT molecular complexity index is 4900. The zero-order valence-corrected chi connectivity index (χ0v) is 76.5. The fourth-order valence-electron chi connectivity index (χ4n) is 16.3. The van der Waals surface area contributed by atoms with Crippen LogP contribution in [-0.2, 0) is 101 Å². The van der Waals surface area contributed by atoms with Crippen molar-refractivity contribution >= 4 is 124 Å². The lowest BCUT2D eigenvalue weighted by Gasteiger charge is -2.43. The number of thioether (sulfide) groups is 1. The van der Waals surface area contributed by atoms with Crippen LogP contribution in [0, 0.1) is 29.1 Å². The third-order valence-electron chi connectivity index (χ3n) is 23.5. The van der Waals surface area contributed by atoms with Crippen LogP contribution in [0.1, 0.15) is 149 Å². The molecule has 132 heavy (non-hydrogen) atoms. The number of carboxylic acid groups (broad SMARTS) is 1. The lowest BCUT2D eigenvalue weighted by molar-refractivity contribution is -0.151. The molecule has 3 saturated heterocycles. The van der Waals surface area contributed by atoms with E-state index in [9.17, 15) is 72.2 Å². The summed E-state index contributed by atoms with van der Waals surface area (Å²) in [6.45, 7) is 9.90. The first-order valence-electron chi connectivity index (χ1n) is 44.8. The number of nitrogens with two attached hydrogens (primary N) is 2. The van der Waals surface area contributed by atoms with Crippen molar-refractivity contribution in [2.75, 3.05) is 56.6 Å². The normalized spacial score (nSPS) is 23.6. The lowest BCUT2D eigenvalue weighted by Crippen LogP contribution is -2.66. The van der Waals surface area contributed by atoms with E-state index in [0.29, 0.717) is 29.7 Å². The number of H-pyrrole nitrogens is 1. The van der Waals surface area contributed by atoms with Gasteiger partial charge in [-0.3, -0.25) is 86.9 Å². The monoisotopic (exact) mass is 1840 g/mol. The molecule has 4 fully saturated rings. The van der Waals surface area contributed by atoms with Gasteiger partial charge in [0.05, 0.1) is 25.3 Å².